The lowest BCUT2D eigenvalue weighted by molar-refractivity contribution is 0.0186. The number of carbonyl (C=O) groups is 1. The van der Waals surface area contributed by atoms with Gasteiger partial charge in [-0.05, 0) is 47.3 Å². The van der Waals surface area contributed by atoms with Crippen molar-refractivity contribution in [3.8, 4) is 0 Å². The summed E-state index contributed by atoms with van der Waals surface area (Å²) in [5.41, 5.74) is 5.69. The van der Waals surface area contributed by atoms with E-state index in [2.05, 4.69) is 26.7 Å². The van der Waals surface area contributed by atoms with Crippen molar-refractivity contribution in [1.82, 2.24) is 19.6 Å². The van der Waals surface area contributed by atoms with Gasteiger partial charge in [0.15, 0.2) is 5.96 Å². The lowest BCUT2D eigenvalue weighted by atomic mass is 10.2. The van der Waals surface area contributed by atoms with Crippen molar-refractivity contribution in [3.63, 3.8) is 0 Å². The highest BCUT2D eigenvalue weighted by molar-refractivity contribution is 14.0. The number of nitrogens with zero attached hydrogens (tertiary/aromatic N) is 5. The average Bonchev–Trinajstić information content (AvgIpc) is 2.78. The Morgan fingerprint density at radius 3 is 2.26 bits per heavy atom. The minimum atomic E-state index is -0.461. The molecule has 0 unspecified atom stereocenters. The summed E-state index contributed by atoms with van der Waals surface area (Å²) in [6, 6.07) is 0. The predicted octanol–water partition coefficient (Wildman–Crippen LogP) is 1.11. The Bertz CT molecular complexity index is 489. The van der Waals surface area contributed by atoms with Gasteiger partial charge in [-0.25, -0.2) is 4.79 Å². The molecular formula is C18H37IN6O2. The van der Waals surface area contributed by atoms with E-state index in [0.717, 1.165) is 32.7 Å². The number of guanidine groups is 1. The maximum atomic E-state index is 12.1. The highest BCUT2D eigenvalue weighted by atomic mass is 127. The van der Waals surface area contributed by atoms with Crippen molar-refractivity contribution < 1.29 is 9.53 Å². The molecule has 0 aromatic rings. The number of amides is 1. The van der Waals surface area contributed by atoms with E-state index in [1.165, 1.54) is 13.0 Å². The molecule has 2 aliphatic rings. The van der Waals surface area contributed by atoms with Crippen LogP contribution < -0.4 is 5.73 Å². The van der Waals surface area contributed by atoms with Crippen molar-refractivity contribution in [2.24, 2.45) is 10.7 Å². The maximum Gasteiger partial charge on any atom is 0.410 e. The molecule has 2 heterocycles. The molecule has 0 aromatic carbocycles. The third kappa shape index (κ3) is 8.82. The van der Waals surface area contributed by atoms with E-state index in [1.807, 2.05) is 20.8 Å². The number of aliphatic imine (C=N–C) groups is 1. The van der Waals surface area contributed by atoms with Gasteiger partial charge in [-0.1, -0.05) is 0 Å². The van der Waals surface area contributed by atoms with Gasteiger partial charge >= 0.3 is 6.09 Å². The molecule has 27 heavy (non-hydrogen) atoms. The van der Waals surface area contributed by atoms with E-state index in [-0.39, 0.29) is 30.1 Å². The Hall–Kier alpha value is -0.810. The van der Waals surface area contributed by atoms with Crippen LogP contribution in [-0.4, -0.2) is 110 Å². The smallest absolute Gasteiger partial charge is 0.410 e. The molecule has 158 valence electrons. The van der Waals surface area contributed by atoms with Crippen LogP contribution in [-0.2, 0) is 4.74 Å². The first-order chi connectivity index (χ1) is 12.2. The van der Waals surface area contributed by atoms with Crippen molar-refractivity contribution in [1.29, 1.82) is 0 Å². The van der Waals surface area contributed by atoms with Crippen LogP contribution in [0.1, 0.15) is 27.2 Å². The molecule has 0 bridgehead atoms. The summed E-state index contributed by atoms with van der Waals surface area (Å²) in [6.45, 7) is 14.5. The lowest BCUT2D eigenvalue weighted by Gasteiger charge is -2.36. The fourth-order valence-corrected chi connectivity index (χ4v) is 3.17. The number of hydrogen-bond donors (Lipinski definition) is 1. The zero-order valence-corrected chi connectivity index (χ0v) is 19.6. The number of likely N-dealkylation sites (N-methyl/N-ethyl adjacent to an activating group) is 1. The quantitative estimate of drug-likeness (QED) is 0.359. The molecule has 2 aliphatic heterocycles. The molecule has 0 atom stereocenters. The molecule has 2 N–H and O–H groups in total. The number of ether oxygens (including phenoxy) is 1. The molecular weight excluding hydrogens is 459 g/mol. The van der Waals surface area contributed by atoms with E-state index in [0.29, 0.717) is 32.1 Å². The topological polar surface area (TPSA) is 77.6 Å². The van der Waals surface area contributed by atoms with Crippen LogP contribution >= 0.6 is 24.0 Å². The largest absolute Gasteiger partial charge is 0.444 e. The van der Waals surface area contributed by atoms with Crippen LogP contribution in [0.4, 0.5) is 4.79 Å². The first-order valence-electron chi connectivity index (χ1n) is 9.68. The molecule has 2 rings (SSSR count). The molecule has 0 aromatic heterocycles. The highest BCUT2D eigenvalue weighted by Gasteiger charge is 2.26. The van der Waals surface area contributed by atoms with E-state index >= 15 is 0 Å². The van der Waals surface area contributed by atoms with Crippen LogP contribution in [0.25, 0.3) is 0 Å². The van der Waals surface area contributed by atoms with E-state index < -0.39 is 5.60 Å². The summed E-state index contributed by atoms with van der Waals surface area (Å²) in [5.74, 6) is 0.584. The summed E-state index contributed by atoms with van der Waals surface area (Å²) in [4.78, 5) is 25.3. The monoisotopic (exact) mass is 496 g/mol. The normalized spacial score (nSPS) is 20.8. The van der Waals surface area contributed by atoms with Gasteiger partial charge in [-0.3, -0.25) is 4.99 Å². The minimum Gasteiger partial charge on any atom is -0.444 e. The molecule has 2 fully saturated rings. The standard InChI is InChI=1S/C18H36N6O2.HI/c1-18(2,3)26-17(25)24-14-12-23(13-15-24)16(19)20-6-9-22-8-5-7-21(4)10-11-22;/h5-15H2,1-4H3,(H2,19,20);1H. The molecule has 1 amide bonds. The Morgan fingerprint density at radius 2 is 1.63 bits per heavy atom. The second-order valence-electron chi connectivity index (χ2n) is 8.19. The summed E-state index contributed by atoms with van der Waals surface area (Å²) in [5, 5.41) is 0. The summed E-state index contributed by atoms with van der Waals surface area (Å²) in [6.07, 6.45) is 0.960. The van der Waals surface area contributed by atoms with Crippen molar-refractivity contribution in [2.75, 3.05) is 72.5 Å². The predicted molar refractivity (Wildman–Crippen MR) is 120 cm³/mol. The zero-order chi connectivity index (χ0) is 19.2. The third-order valence-corrected chi connectivity index (χ3v) is 4.76. The third-order valence-electron chi connectivity index (χ3n) is 4.76. The molecule has 0 aliphatic carbocycles. The number of nitrogens with two attached hydrogens (primary N) is 1. The number of rotatable bonds is 3. The molecule has 0 spiro atoms. The minimum absolute atomic E-state index is 0. The number of hydrogen-bond acceptors (Lipinski definition) is 5. The lowest BCUT2D eigenvalue weighted by Crippen LogP contribution is -2.53. The van der Waals surface area contributed by atoms with Gasteiger partial charge in [0, 0.05) is 45.8 Å². The number of carbonyl (C=O) groups excluding carboxylic acids is 1. The van der Waals surface area contributed by atoms with Crippen molar-refractivity contribution in [2.45, 2.75) is 32.8 Å². The first kappa shape index (κ1) is 24.2. The van der Waals surface area contributed by atoms with Crippen molar-refractivity contribution in [3.05, 3.63) is 0 Å². The van der Waals surface area contributed by atoms with Gasteiger partial charge in [-0.15, -0.1) is 24.0 Å². The van der Waals surface area contributed by atoms with Crippen LogP contribution in [0.15, 0.2) is 4.99 Å². The first-order valence-corrected chi connectivity index (χ1v) is 9.68. The van der Waals surface area contributed by atoms with Crippen LogP contribution in [0.5, 0.6) is 0 Å². The molecule has 0 saturated carbocycles. The van der Waals surface area contributed by atoms with E-state index in [1.54, 1.807) is 4.90 Å². The van der Waals surface area contributed by atoms with Gasteiger partial charge < -0.3 is 30.1 Å². The van der Waals surface area contributed by atoms with Gasteiger partial charge in [-0.2, -0.15) is 0 Å². The van der Waals surface area contributed by atoms with Crippen LogP contribution in [0.3, 0.4) is 0 Å². The van der Waals surface area contributed by atoms with Crippen molar-refractivity contribution >= 4 is 36.0 Å². The van der Waals surface area contributed by atoms with E-state index in [4.69, 9.17) is 10.5 Å². The number of piperazine rings is 1. The second kappa shape index (κ2) is 11.3. The number of halogens is 1. The maximum absolute atomic E-state index is 12.1. The summed E-state index contributed by atoms with van der Waals surface area (Å²) < 4.78 is 5.42. The fourth-order valence-electron chi connectivity index (χ4n) is 3.17. The van der Waals surface area contributed by atoms with Gasteiger partial charge in [0.2, 0.25) is 0 Å². The molecule has 8 nitrogen and oxygen atoms in total. The second-order valence-corrected chi connectivity index (χ2v) is 8.19. The Balaban J connectivity index is 0.00000364. The SMILES string of the molecule is CN1CCCN(CCN=C(N)N2CCN(C(=O)OC(C)(C)C)CC2)CC1.I. The fraction of sp³-hybridized carbons (Fsp3) is 0.889. The summed E-state index contributed by atoms with van der Waals surface area (Å²) in [7, 11) is 2.18. The highest BCUT2D eigenvalue weighted by Crippen LogP contribution is 2.11. The van der Waals surface area contributed by atoms with Crippen LogP contribution in [0, 0.1) is 0 Å². The van der Waals surface area contributed by atoms with Gasteiger partial charge in [0.25, 0.3) is 0 Å². The Morgan fingerprint density at radius 1 is 1.00 bits per heavy atom. The molecule has 2 saturated heterocycles. The Labute approximate surface area is 181 Å². The zero-order valence-electron chi connectivity index (χ0n) is 17.3. The van der Waals surface area contributed by atoms with Crippen LogP contribution in [0.2, 0.25) is 0 Å². The average molecular weight is 496 g/mol. The summed E-state index contributed by atoms with van der Waals surface area (Å²) >= 11 is 0. The molecule has 0 radical (unpaired) electrons. The van der Waals surface area contributed by atoms with E-state index in [9.17, 15) is 4.79 Å². The molecule has 9 heteroatoms. The Kier molecular flexibility index (Phi) is 10.1. The van der Waals surface area contributed by atoms with Gasteiger partial charge in [0.1, 0.15) is 5.60 Å². The van der Waals surface area contributed by atoms with Gasteiger partial charge in [0.05, 0.1) is 6.54 Å².